The summed E-state index contributed by atoms with van der Waals surface area (Å²) in [6.07, 6.45) is 3.46. The fraction of sp³-hybridized carbons (Fsp3) is 0.529. The van der Waals surface area contributed by atoms with Gasteiger partial charge in [-0.3, -0.25) is 10.2 Å². The van der Waals surface area contributed by atoms with Crippen molar-refractivity contribution in [3.63, 3.8) is 0 Å². The highest BCUT2D eigenvalue weighted by molar-refractivity contribution is 7.22. The van der Waals surface area contributed by atoms with Crippen LogP contribution < -0.4 is 5.32 Å². The Kier molecular flexibility index (Phi) is 3.95. The molecule has 1 aromatic heterocycles. The molecule has 3 heterocycles. The van der Waals surface area contributed by atoms with Crippen LogP contribution in [0.3, 0.4) is 0 Å². The van der Waals surface area contributed by atoms with Gasteiger partial charge in [0.1, 0.15) is 0 Å². The van der Waals surface area contributed by atoms with Crippen molar-refractivity contribution in [2.75, 3.05) is 25.0 Å². The number of para-hydroxylation sites is 1. The van der Waals surface area contributed by atoms with Crippen molar-refractivity contribution < 1.29 is 4.79 Å². The Balaban J connectivity index is 1.50. The van der Waals surface area contributed by atoms with E-state index in [2.05, 4.69) is 22.1 Å². The highest BCUT2D eigenvalue weighted by Crippen LogP contribution is 2.28. The Hall–Kier alpha value is -1.66. The maximum Gasteiger partial charge on any atom is 0.323 e. The van der Waals surface area contributed by atoms with E-state index in [1.165, 1.54) is 30.7 Å². The number of benzene rings is 1. The van der Waals surface area contributed by atoms with E-state index in [0.29, 0.717) is 17.2 Å². The SMILES string of the molecule is CC[C@H]1CN2CCC[C@H]2CN1C(=O)Nc1nc2ccccc2s1. The van der Waals surface area contributed by atoms with Gasteiger partial charge in [0.15, 0.2) is 5.13 Å². The zero-order valence-corrected chi connectivity index (χ0v) is 14.2. The van der Waals surface area contributed by atoms with Gasteiger partial charge in [-0.2, -0.15) is 0 Å². The van der Waals surface area contributed by atoms with Crippen molar-refractivity contribution in [1.82, 2.24) is 14.8 Å². The quantitative estimate of drug-likeness (QED) is 0.918. The minimum absolute atomic E-state index is 0.00227. The summed E-state index contributed by atoms with van der Waals surface area (Å²) in [5.41, 5.74) is 0.945. The van der Waals surface area contributed by atoms with Crippen LogP contribution in [0.1, 0.15) is 26.2 Å². The second-order valence-corrected chi connectivity index (χ2v) is 7.45. The van der Waals surface area contributed by atoms with Crippen LogP contribution in [0.4, 0.5) is 9.93 Å². The lowest BCUT2D eigenvalue weighted by Gasteiger charge is -2.43. The van der Waals surface area contributed by atoms with Gasteiger partial charge in [0.25, 0.3) is 0 Å². The number of anilines is 1. The number of fused-ring (bicyclic) bond motifs is 2. The molecule has 2 fully saturated rings. The normalized spacial score (nSPS) is 24.8. The third-order valence-corrected chi connectivity index (χ3v) is 5.98. The van der Waals surface area contributed by atoms with Crippen LogP contribution in [0.2, 0.25) is 0 Å². The van der Waals surface area contributed by atoms with Crippen LogP contribution in [0.15, 0.2) is 24.3 Å². The third-order valence-electron chi connectivity index (χ3n) is 5.03. The van der Waals surface area contributed by atoms with Gasteiger partial charge in [-0.1, -0.05) is 30.4 Å². The number of aromatic nitrogens is 1. The Bertz CT molecular complexity index is 682. The van der Waals surface area contributed by atoms with Crippen LogP contribution in [-0.2, 0) is 0 Å². The highest BCUT2D eigenvalue weighted by Gasteiger charge is 2.37. The molecule has 0 spiro atoms. The van der Waals surface area contributed by atoms with Crippen LogP contribution in [0.5, 0.6) is 0 Å². The molecule has 2 saturated heterocycles. The number of carbonyl (C=O) groups is 1. The van der Waals surface area contributed by atoms with Crippen molar-refractivity contribution >= 4 is 32.7 Å². The van der Waals surface area contributed by atoms with Gasteiger partial charge < -0.3 is 4.90 Å². The first-order valence-electron chi connectivity index (χ1n) is 8.42. The lowest BCUT2D eigenvalue weighted by molar-refractivity contribution is 0.0767. The molecular weight excluding hydrogens is 308 g/mol. The summed E-state index contributed by atoms with van der Waals surface area (Å²) in [5, 5.41) is 3.72. The van der Waals surface area contributed by atoms with Crippen LogP contribution in [0.25, 0.3) is 10.2 Å². The molecule has 2 atom stereocenters. The molecule has 23 heavy (non-hydrogen) atoms. The molecule has 5 nitrogen and oxygen atoms in total. The first kappa shape index (κ1) is 14.9. The first-order chi connectivity index (χ1) is 11.2. The van der Waals surface area contributed by atoms with Gasteiger partial charge in [-0.25, -0.2) is 9.78 Å². The molecule has 0 radical (unpaired) electrons. The fourth-order valence-electron chi connectivity index (χ4n) is 3.77. The average molecular weight is 330 g/mol. The largest absolute Gasteiger partial charge is 0.323 e. The zero-order valence-electron chi connectivity index (χ0n) is 13.4. The number of amides is 2. The average Bonchev–Trinajstić information content (AvgIpc) is 3.18. The van der Waals surface area contributed by atoms with Gasteiger partial charge in [-0.15, -0.1) is 0 Å². The van der Waals surface area contributed by atoms with E-state index in [4.69, 9.17) is 0 Å². The lowest BCUT2D eigenvalue weighted by Crippen LogP contribution is -2.58. The molecule has 0 saturated carbocycles. The maximum atomic E-state index is 12.8. The molecule has 2 aliphatic heterocycles. The summed E-state index contributed by atoms with van der Waals surface area (Å²) >= 11 is 1.54. The minimum Gasteiger partial charge on any atom is -0.319 e. The van der Waals surface area contributed by atoms with Crippen molar-refractivity contribution in [3.05, 3.63) is 24.3 Å². The number of nitrogens with zero attached hydrogens (tertiary/aromatic N) is 3. The maximum absolute atomic E-state index is 12.8. The Morgan fingerprint density at radius 1 is 1.39 bits per heavy atom. The minimum atomic E-state index is 0.00227. The predicted octanol–water partition coefficient (Wildman–Crippen LogP) is 3.39. The van der Waals surface area contributed by atoms with E-state index in [0.717, 1.165) is 29.7 Å². The van der Waals surface area contributed by atoms with E-state index in [1.807, 2.05) is 29.2 Å². The number of nitrogens with one attached hydrogen (secondary N) is 1. The fourth-order valence-corrected chi connectivity index (χ4v) is 4.63. The molecule has 0 bridgehead atoms. The van der Waals surface area contributed by atoms with Gasteiger partial charge >= 0.3 is 6.03 Å². The second kappa shape index (κ2) is 6.09. The Morgan fingerprint density at radius 2 is 2.26 bits per heavy atom. The summed E-state index contributed by atoms with van der Waals surface area (Å²) in [7, 11) is 0. The summed E-state index contributed by atoms with van der Waals surface area (Å²) in [6, 6.07) is 8.83. The molecule has 0 aliphatic carbocycles. The van der Waals surface area contributed by atoms with Crippen molar-refractivity contribution in [2.45, 2.75) is 38.3 Å². The number of urea groups is 1. The smallest absolute Gasteiger partial charge is 0.319 e. The van der Waals surface area contributed by atoms with E-state index in [1.54, 1.807) is 0 Å². The number of hydrogen-bond acceptors (Lipinski definition) is 4. The zero-order chi connectivity index (χ0) is 15.8. The summed E-state index contributed by atoms with van der Waals surface area (Å²) in [6.45, 7) is 5.21. The summed E-state index contributed by atoms with van der Waals surface area (Å²) in [4.78, 5) is 21.9. The predicted molar refractivity (Wildman–Crippen MR) is 94.0 cm³/mol. The molecule has 6 heteroatoms. The van der Waals surface area contributed by atoms with Crippen LogP contribution in [-0.4, -0.2) is 52.5 Å². The second-order valence-electron chi connectivity index (χ2n) is 6.42. The summed E-state index contributed by atoms with van der Waals surface area (Å²) in [5.74, 6) is 0. The molecule has 122 valence electrons. The van der Waals surface area contributed by atoms with Crippen LogP contribution >= 0.6 is 11.3 Å². The van der Waals surface area contributed by atoms with Gasteiger partial charge in [0, 0.05) is 25.2 Å². The van der Waals surface area contributed by atoms with Crippen LogP contribution in [0, 0.1) is 0 Å². The number of rotatable bonds is 2. The molecule has 1 N–H and O–H groups in total. The van der Waals surface area contributed by atoms with Crippen molar-refractivity contribution in [2.24, 2.45) is 0 Å². The lowest BCUT2D eigenvalue weighted by atomic mass is 10.1. The van der Waals surface area contributed by atoms with Gasteiger partial charge in [-0.05, 0) is 37.9 Å². The number of carbonyl (C=O) groups excluding carboxylic acids is 1. The molecular formula is C17H22N4OS. The Morgan fingerprint density at radius 3 is 3.09 bits per heavy atom. The summed E-state index contributed by atoms with van der Waals surface area (Å²) < 4.78 is 1.11. The topological polar surface area (TPSA) is 48.5 Å². The highest BCUT2D eigenvalue weighted by atomic mass is 32.1. The molecule has 2 amide bonds. The molecule has 2 aromatic rings. The van der Waals surface area contributed by atoms with E-state index in [9.17, 15) is 4.79 Å². The van der Waals surface area contributed by atoms with Crippen molar-refractivity contribution in [3.8, 4) is 0 Å². The monoisotopic (exact) mass is 330 g/mol. The van der Waals surface area contributed by atoms with E-state index >= 15 is 0 Å². The first-order valence-corrected chi connectivity index (χ1v) is 9.23. The molecule has 1 aromatic carbocycles. The molecule has 0 unspecified atom stereocenters. The number of hydrogen-bond donors (Lipinski definition) is 1. The van der Waals surface area contributed by atoms with Gasteiger partial charge in [0.05, 0.1) is 10.2 Å². The third kappa shape index (κ3) is 2.81. The van der Waals surface area contributed by atoms with Gasteiger partial charge in [0.2, 0.25) is 0 Å². The van der Waals surface area contributed by atoms with E-state index in [-0.39, 0.29) is 6.03 Å². The standard InChI is InChI=1S/C17H22N4OS/c1-2-12-10-20-9-5-6-13(20)11-21(12)17(22)19-16-18-14-7-3-4-8-15(14)23-16/h3-4,7-8,12-13H,2,5-6,9-11H2,1H3,(H,18,19,22)/t12-,13-/m0/s1. The van der Waals surface area contributed by atoms with E-state index < -0.39 is 0 Å². The van der Waals surface area contributed by atoms with Crippen molar-refractivity contribution in [1.29, 1.82) is 0 Å². The Labute approximate surface area is 140 Å². The number of thiazole rings is 1. The molecule has 2 aliphatic rings. The molecule has 4 rings (SSSR count). The number of piperazine rings is 1.